The van der Waals surface area contributed by atoms with E-state index in [-0.39, 0.29) is 5.56 Å². The molecule has 0 amide bonds. The molecule has 1 fully saturated rings. The number of aromatic carboxylic acids is 1. The number of thiophene rings is 1. The van der Waals surface area contributed by atoms with E-state index < -0.39 is 5.97 Å². The molecule has 0 radical (unpaired) electrons. The second-order valence-corrected chi connectivity index (χ2v) is 6.17. The van der Waals surface area contributed by atoms with Crippen LogP contribution >= 0.6 is 22.9 Å². The zero-order chi connectivity index (χ0) is 14.1. The van der Waals surface area contributed by atoms with E-state index in [1.165, 1.54) is 11.6 Å². The summed E-state index contributed by atoms with van der Waals surface area (Å²) in [5.74, 6) is -0.932. The third-order valence-corrected chi connectivity index (χ3v) is 4.39. The van der Waals surface area contributed by atoms with Crippen molar-refractivity contribution in [2.24, 2.45) is 0 Å². The van der Waals surface area contributed by atoms with Crippen molar-refractivity contribution in [1.29, 1.82) is 0 Å². The van der Waals surface area contributed by atoms with E-state index in [9.17, 15) is 9.90 Å². The fourth-order valence-corrected chi connectivity index (χ4v) is 3.14. The summed E-state index contributed by atoms with van der Waals surface area (Å²) in [6.45, 7) is 0.746. The van der Waals surface area contributed by atoms with Gasteiger partial charge in [0, 0.05) is 17.6 Å². The topological polar surface area (TPSA) is 40.5 Å². The number of nitrogens with zero attached hydrogens (tertiary/aromatic N) is 1. The lowest BCUT2D eigenvalue weighted by atomic mass is 10.1. The van der Waals surface area contributed by atoms with Gasteiger partial charge in [0.05, 0.1) is 11.3 Å². The first-order valence-corrected chi connectivity index (χ1v) is 7.78. The number of hydrogen-bond donors (Lipinski definition) is 1. The molecule has 1 N–H and O–H groups in total. The maximum atomic E-state index is 11.4. The number of benzene rings is 1. The van der Waals surface area contributed by atoms with E-state index in [2.05, 4.69) is 16.3 Å². The first-order chi connectivity index (χ1) is 9.65. The third kappa shape index (κ3) is 2.81. The Bertz CT molecular complexity index is 623. The molecule has 2 aromatic rings. The number of hydrogen-bond acceptors (Lipinski definition) is 3. The lowest BCUT2D eigenvalue weighted by Crippen LogP contribution is -2.26. The summed E-state index contributed by atoms with van der Waals surface area (Å²) in [6.07, 6.45) is 2.23. The van der Waals surface area contributed by atoms with Crippen molar-refractivity contribution in [3.63, 3.8) is 0 Å². The second kappa shape index (κ2) is 5.46. The summed E-state index contributed by atoms with van der Waals surface area (Å²) in [5, 5.41) is 14.0. The number of rotatable bonds is 5. The van der Waals surface area contributed by atoms with Gasteiger partial charge in [-0.3, -0.25) is 0 Å². The molecule has 0 saturated heterocycles. The predicted molar refractivity (Wildman–Crippen MR) is 81.9 cm³/mol. The minimum atomic E-state index is -0.932. The predicted octanol–water partition coefficient (Wildman–Crippen LogP) is 4.27. The van der Waals surface area contributed by atoms with Crippen LogP contribution in [-0.2, 0) is 6.54 Å². The number of carboxylic acid groups (broad SMARTS) is 1. The van der Waals surface area contributed by atoms with Crippen molar-refractivity contribution in [2.45, 2.75) is 25.4 Å². The van der Waals surface area contributed by atoms with Crippen LogP contribution in [0.4, 0.5) is 5.69 Å². The second-order valence-electron chi connectivity index (χ2n) is 4.96. The average Bonchev–Trinajstić information content (AvgIpc) is 3.13. The molecular formula is C15H14ClNO2S. The lowest BCUT2D eigenvalue weighted by molar-refractivity contribution is 0.0697. The van der Waals surface area contributed by atoms with Gasteiger partial charge in [-0.15, -0.1) is 0 Å². The minimum absolute atomic E-state index is 0.277. The summed E-state index contributed by atoms with van der Waals surface area (Å²) in [7, 11) is 0. The van der Waals surface area contributed by atoms with Crippen molar-refractivity contribution in [3.8, 4) is 0 Å². The molecule has 104 valence electrons. The molecule has 0 atom stereocenters. The highest BCUT2D eigenvalue weighted by Gasteiger charge is 2.31. The fourth-order valence-electron chi connectivity index (χ4n) is 2.31. The lowest BCUT2D eigenvalue weighted by Gasteiger charge is -2.26. The van der Waals surface area contributed by atoms with E-state index in [1.807, 2.05) is 11.4 Å². The average molecular weight is 308 g/mol. The molecule has 3 rings (SSSR count). The normalized spacial score (nSPS) is 14.2. The van der Waals surface area contributed by atoms with Gasteiger partial charge in [0.2, 0.25) is 0 Å². The van der Waals surface area contributed by atoms with Crippen LogP contribution in [0.2, 0.25) is 5.02 Å². The molecule has 0 unspecified atom stereocenters. The molecule has 1 aliphatic carbocycles. The molecule has 0 spiro atoms. The largest absolute Gasteiger partial charge is 0.478 e. The standard InChI is InChI=1S/C15H14ClNO2S/c16-11-1-4-14(13(7-11)15(18)19)17(12-2-3-12)8-10-5-6-20-9-10/h1,4-7,9,12H,2-3,8H2,(H,18,19). The highest BCUT2D eigenvalue weighted by Crippen LogP contribution is 2.36. The van der Waals surface area contributed by atoms with Crippen LogP contribution in [0.3, 0.4) is 0 Å². The van der Waals surface area contributed by atoms with Gasteiger partial charge in [-0.25, -0.2) is 4.79 Å². The summed E-state index contributed by atoms with van der Waals surface area (Å²) >= 11 is 7.58. The van der Waals surface area contributed by atoms with Crippen molar-refractivity contribution in [2.75, 3.05) is 4.90 Å². The zero-order valence-electron chi connectivity index (χ0n) is 10.8. The molecule has 1 saturated carbocycles. The van der Waals surface area contributed by atoms with E-state index in [0.717, 1.165) is 25.1 Å². The Morgan fingerprint density at radius 1 is 1.40 bits per heavy atom. The Kier molecular flexibility index (Phi) is 3.68. The van der Waals surface area contributed by atoms with Gasteiger partial charge in [-0.05, 0) is 53.4 Å². The first-order valence-electron chi connectivity index (χ1n) is 6.45. The molecule has 1 aromatic carbocycles. The minimum Gasteiger partial charge on any atom is -0.478 e. The summed E-state index contributed by atoms with van der Waals surface area (Å²) in [4.78, 5) is 13.6. The van der Waals surface area contributed by atoms with Gasteiger partial charge in [0.15, 0.2) is 0 Å². The van der Waals surface area contributed by atoms with Crippen molar-refractivity contribution in [1.82, 2.24) is 0 Å². The van der Waals surface area contributed by atoms with E-state index >= 15 is 0 Å². The van der Waals surface area contributed by atoms with Gasteiger partial charge < -0.3 is 10.0 Å². The van der Waals surface area contributed by atoms with E-state index in [1.54, 1.807) is 17.4 Å². The van der Waals surface area contributed by atoms with E-state index in [0.29, 0.717) is 11.1 Å². The molecule has 3 nitrogen and oxygen atoms in total. The summed E-state index contributed by atoms with van der Waals surface area (Å²) in [6, 6.07) is 7.62. The van der Waals surface area contributed by atoms with Crippen LogP contribution in [0.25, 0.3) is 0 Å². The number of carboxylic acids is 1. The highest BCUT2D eigenvalue weighted by atomic mass is 35.5. The van der Waals surface area contributed by atoms with Gasteiger partial charge in [0.25, 0.3) is 0 Å². The molecule has 20 heavy (non-hydrogen) atoms. The third-order valence-electron chi connectivity index (χ3n) is 3.42. The zero-order valence-corrected chi connectivity index (χ0v) is 12.3. The van der Waals surface area contributed by atoms with E-state index in [4.69, 9.17) is 11.6 Å². The van der Waals surface area contributed by atoms with Gasteiger partial charge >= 0.3 is 5.97 Å². The molecule has 0 aliphatic heterocycles. The molecular weight excluding hydrogens is 294 g/mol. The van der Waals surface area contributed by atoms with Crippen molar-refractivity contribution < 1.29 is 9.90 Å². The van der Waals surface area contributed by atoms with Crippen LogP contribution in [0.5, 0.6) is 0 Å². The van der Waals surface area contributed by atoms with Gasteiger partial charge in [0.1, 0.15) is 0 Å². The van der Waals surface area contributed by atoms with Crippen molar-refractivity contribution >= 4 is 34.6 Å². The molecule has 1 aliphatic rings. The fraction of sp³-hybridized carbons (Fsp3) is 0.267. The highest BCUT2D eigenvalue weighted by molar-refractivity contribution is 7.07. The number of carbonyl (C=O) groups is 1. The Morgan fingerprint density at radius 2 is 2.20 bits per heavy atom. The molecule has 1 heterocycles. The van der Waals surface area contributed by atoms with Gasteiger partial charge in [-0.2, -0.15) is 11.3 Å². The number of anilines is 1. The number of halogens is 1. The van der Waals surface area contributed by atoms with Crippen LogP contribution in [0.1, 0.15) is 28.8 Å². The monoisotopic (exact) mass is 307 g/mol. The molecule has 1 aromatic heterocycles. The van der Waals surface area contributed by atoms with Crippen LogP contribution in [0.15, 0.2) is 35.0 Å². The van der Waals surface area contributed by atoms with Gasteiger partial charge in [-0.1, -0.05) is 11.6 Å². The maximum absolute atomic E-state index is 11.4. The Balaban J connectivity index is 1.97. The maximum Gasteiger partial charge on any atom is 0.337 e. The first kappa shape index (κ1) is 13.5. The summed E-state index contributed by atoms with van der Waals surface area (Å²) in [5.41, 5.74) is 2.25. The van der Waals surface area contributed by atoms with Crippen LogP contribution in [0, 0.1) is 0 Å². The summed E-state index contributed by atoms with van der Waals surface area (Å²) < 4.78 is 0. The van der Waals surface area contributed by atoms with Crippen molar-refractivity contribution in [3.05, 3.63) is 51.2 Å². The Hall–Kier alpha value is -1.52. The Morgan fingerprint density at radius 3 is 2.80 bits per heavy atom. The molecule has 5 heteroatoms. The molecule has 0 bridgehead atoms. The quantitative estimate of drug-likeness (QED) is 0.897. The Labute approximate surface area is 126 Å². The van der Waals surface area contributed by atoms with Crippen LogP contribution < -0.4 is 4.90 Å². The SMILES string of the molecule is O=C(O)c1cc(Cl)ccc1N(Cc1ccsc1)C1CC1. The van der Waals surface area contributed by atoms with Crippen LogP contribution in [-0.4, -0.2) is 17.1 Å². The smallest absolute Gasteiger partial charge is 0.337 e.